The van der Waals surface area contributed by atoms with Crippen LogP contribution in [0.5, 0.6) is 0 Å². The number of hydrogen-bond acceptors (Lipinski definition) is 5. The molecule has 2 aromatic rings. The Kier molecular flexibility index (Phi) is 4.45. The zero-order valence-electron chi connectivity index (χ0n) is 13.9. The average Bonchev–Trinajstić information content (AvgIpc) is 3.02. The van der Waals surface area contributed by atoms with E-state index in [0.29, 0.717) is 17.1 Å². The van der Waals surface area contributed by atoms with Crippen LogP contribution in [0.2, 0.25) is 0 Å². The van der Waals surface area contributed by atoms with E-state index in [4.69, 9.17) is 0 Å². The second-order valence-electron chi connectivity index (χ2n) is 6.77. The number of para-hydroxylation sites is 2. The minimum absolute atomic E-state index is 0.130. The van der Waals surface area contributed by atoms with E-state index in [1.807, 2.05) is 45.0 Å². The number of thioether (sulfide) groups is 1. The molecule has 1 aromatic heterocycles. The monoisotopic (exact) mass is 344 g/mol. The Morgan fingerprint density at radius 2 is 1.96 bits per heavy atom. The lowest BCUT2D eigenvalue weighted by molar-refractivity contribution is -0.125. The first kappa shape index (κ1) is 16.7. The molecule has 1 aliphatic heterocycles. The van der Waals surface area contributed by atoms with Crippen LogP contribution in [0.3, 0.4) is 0 Å². The van der Waals surface area contributed by atoms with Crippen molar-refractivity contribution in [2.75, 3.05) is 11.6 Å². The molecule has 1 N–H and O–H groups in total. The van der Waals surface area contributed by atoms with Crippen LogP contribution in [0.4, 0.5) is 0 Å². The van der Waals surface area contributed by atoms with E-state index in [1.165, 1.54) is 6.20 Å². The first-order valence-electron chi connectivity index (χ1n) is 7.78. The highest BCUT2D eigenvalue weighted by molar-refractivity contribution is 7.99. The zero-order valence-corrected chi connectivity index (χ0v) is 14.8. The van der Waals surface area contributed by atoms with Crippen LogP contribution in [-0.2, 0) is 4.79 Å². The molecule has 2 heterocycles. The molecular weight excluding hydrogens is 324 g/mol. The molecule has 0 bridgehead atoms. The van der Waals surface area contributed by atoms with Crippen molar-refractivity contribution in [2.45, 2.75) is 32.4 Å². The quantitative estimate of drug-likeness (QED) is 0.902. The zero-order chi connectivity index (χ0) is 17.3. The van der Waals surface area contributed by atoms with Crippen molar-refractivity contribution in [1.29, 1.82) is 0 Å². The first-order valence-corrected chi connectivity index (χ1v) is 8.93. The third kappa shape index (κ3) is 3.51. The summed E-state index contributed by atoms with van der Waals surface area (Å²) in [5.74, 6) is 0.687. The minimum Gasteiger partial charge on any atom is -0.350 e. The van der Waals surface area contributed by atoms with Crippen molar-refractivity contribution >= 4 is 34.6 Å². The van der Waals surface area contributed by atoms with E-state index in [0.717, 1.165) is 5.52 Å². The van der Waals surface area contributed by atoms with E-state index >= 15 is 0 Å². The first-order chi connectivity index (χ1) is 11.3. The number of aromatic nitrogens is 2. The van der Waals surface area contributed by atoms with Gasteiger partial charge in [0.2, 0.25) is 5.91 Å². The van der Waals surface area contributed by atoms with E-state index < -0.39 is 6.04 Å². The number of rotatable bonds is 2. The molecule has 126 valence electrons. The summed E-state index contributed by atoms with van der Waals surface area (Å²) in [5, 5.41) is 2.94. The summed E-state index contributed by atoms with van der Waals surface area (Å²) in [5.41, 5.74) is 1.35. The third-order valence-electron chi connectivity index (χ3n) is 3.61. The van der Waals surface area contributed by atoms with Crippen molar-refractivity contribution in [2.24, 2.45) is 0 Å². The molecular formula is C17H20N4O2S. The molecule has 0 saturated carbocycles. The van der Waals surface area contributed by atoms with Gasteiger partial charge in [0, 0.05) is 11.3 Å². The second kappa shape index (κ2) is 6.39. The third-order valence-corrected chi connectivity index (χ3v) is 4.62. The van der Waals surface area contributed by atoms with E-state index in [1.54, 1.807) is 16.7 Å². The van der Waals surface area contributed by atoms with Crippen LogP contribution in [0, 0.1) is 0 Å². The smallest absolute Gasteiger partial charge is 0.275 e. The highest BCUT2D eigenvalue weighted by atomic mass is 32.2. The van der Waals surface area contributed by atoms with Gasteiger partial charge in [-0.05, 0) is 32.9 Å². The summed E-state index contributed by atoms with van der Waals surface area (Å²) >= 11 is 1.57. The molecule has 1 fully saturated rings. The lowest BCUT2D eigenvalue weighted by Crippen LogP contribution is -2.52. The minimum atomic E-state index is -0.477. The van der Waals surface area contributed by atoms with Crippen LogP contribution >= 0.6 is 11.8 Å². The van der Waals surface area contributed by atoms with Crippen molar-refractivity contribution in [1.82, 2.24) is 20.2 Å². The molecule has 1 atom stereocenters. The second-order valence-corrected chi connectivity index (χ2v) is 7.77. The maximum atomic E-state index is 12.8. The lowest BCUT2D eigenvalue weighted by atomic mass is 10.1. The van der Waals surface area contributed by atoms with Gasteiger partial charge in [-0.1, -0.05) is 12.1 Å². The van der Waals surface area contributed by atoms with Gasteiger partial charge < -0.3 is 10.2 Å². The predicted molar refractivity (Wildman–Crippen MR) is 94.7 cm³/mol. The molecule has 1 aromatic carbocycles. The average molecular weight is 344 g/mol. The summed E-state index contributed by atoms with van der Waals surface area (Å²) in [7, 11) is 0. The normalized spacial score (nSPS) is 18.0. The molecule has 1 aliphatic rings. The maximum absolute atomic E-state index is 12.8. The molecule has 0 radical (unpaired) electrons. The summed E-state index contributed by atoms with van der Waals surface area (Å²) in [6, 6.07) is 6.93. The Labute approximate surface area is 145 Å². The van der Waals surface area contributed by atoms with Crippen LogP contribution in [0.1, 0.15) is 31.3 Å². The molecule has 0 aliphatic carbocycles. The van der Waals surface area contributed by atoms with Gasteiger partial charge in [0.25, 0.3) is 5.91 Å². The number of benzene rings is 1. The van der Waals surface area contributed by atoms with Gasteiger partial charge in [-0.2, -0.15) is 0 Å². The van der Waals surface area contributed by atoms with Gasteiger partial charge in [0.15, 0.2) is 0 Å². The van der Waals surface area contributed by atoms with E-state index in [9.17, 15) is 9.59 Å². The molecule has 24 heavy (non-hydrogen) atoms. The summed E-state index contributed by atoms with van der Waals surface area (Å²) in [6.45, 7) is 5.77. The standard InChI is InChI=1S/C17H20N4O2S/c1-17(2,3)20-15(22)14-9-24-10-21(14)16(23)13-8-18-11-6-4-5-7-12(11)19-13/h4-8,14H,9-10H2,1-3H3,(H,20,22). The summed E-state index contributed by atoms with van der Waals surface area (Å²) in [4.78, 5) is 35.5. The number of hydrogen-bond donors (Lipinski definition) is 1. The van der Waals surface area contributed by atoms with Gasteiger partial charge in [-0.15, -0.1) is 11.8 Å². The Bertz CT molecular complexity index is 787. The molecule has 0 spiro atoms. The van der Waals surface area contributed by atoms with E-state index in [-0.39, 0.29) is 23.0 Å². The van der Waals surface area contributed by atoms with Gasteiger partial charge >= 0.3 is 0 Å². The Morgan fingerprint density at radius 3 is 2.67 bits per heavy atom. The molecule has 6 nitrogen and oxygen atoms in total. The number of nitrogens with zero attached hydrogens (tertiary/aromatic N) is 3. The van der Waals surface area contributed by atoms with Crippen LogP contribution < -0.4 is 5.32 Å². The number of nitrogens with one attached hydrogen (secondary N) is 1. The Hall–Kier alpha value is -2.15. The van der Waals surface area contributed by atoms with Crippen LogP contribution in [-0.4, -0.2) is 49.9 Å². The van der Waals surface area contributed by atoms with Gasteiger partial charge in [0.05, 0.1) is 23.1 Å². The Morgan fingerprint density at radius 1 is 1.25 bits per heavy atom. The summed E-state index contributed by atoms with van der Waals surface area (Å²) < 4.78 is 0. The highest BCUT2D eigenvalue weighted by Crippen LogP contribution is 2.24. The largest absolute Gasteiger partial charge is 0.350 e. The van der Waals surface area contributed by atoms with Crippen molar-refractivity contribution in [3.63, 3.8) is 0 Å². The van der Waals surface area contributed by atoms with Crippen LogP contribution in [0.15, 0.2) is 30.5 Å². The topological polar surface area (TPSA) is 75.2 Å². The predicted octanol–water partition coefficient (Wildman–Crippen LogP) is 2.06. The van der Waals surface area contributed by atoms with Crippen LogP contribution in [0.25, 0.3) is 11.0 Å². The van der Waals surface area contributed by atoms with Gasteiger partial charge in [-0.25, -0.2) is 4.98 Å². The SMILES string of the molecule is CC(C)(C)NC(=O)C1CSCN1C(=O)c1cnc2ccccc2n1. The fourth-order valence-corrected chi connectivity index (χ4v) is 3.67. The molecule has 2 amide bonds. The lowest BCUT2D eigenvalue weighted by Gasteiger charge is -2.27. The number of amides is 2. The molecule has 7 heteroatoms. The summed E-state index contributed by atoms with van der Waals surface area (Å²) in [6.07, 6.45) is 1.48. The fourth-order valence-electron chi connectivity index (χ4n) is 2.52. The number of fused-ring (bicyclic) bond motifs is 1. The number of carbonyl (C=O) groups is 2. The number of carbonyl (C=O) groups excluding carboxylic acids is 2. The molecule has 1 unspecified atom stereocenters. The van der Waals surface area contributed by atoms with Gasteiger partial charge in [0.1, 0.15) is 11.7 Å². The highest BCUT2D eigenvalue weighted by Gasteiger charge is 2.36. The van der Waals surface area contributed by atoms with Crippen molar-refractivity contribution in [3.05, 3.63) is 36.2 Å². The van der Waals surface area contributed by atoms with Crippen molar-refractivity contribution in [3.8, 4) is 0 Å². The van der Waals surface area contributed by atoms with Gasteiger partial charge in [-0.3, -0.25) is 14.6 Å². The fraction of sp³-hybridized carbons (Fsp3) is 0.412. The van der Waals surface area contributed by atoms with E-state index in [2.05, 4.69) is 15.3 Å². The molecule has 1 saturated heterocycles. The maximum Gasteiger partial charge on any atom is 0.275 e. The van der Waals surface area contributed by atoms with Crippen molar-refractivity contribution < 1.29 is 9.59 Å². The Balaban J connectivity index is 1.83. The molecule has 3 rings (SSSR count).